The Bertz CT molecular complexity index is 954. The Hall–Kier alpha value is -2.86. The molecule has 1 atom stereocenters. The zero-order valence-corrected chi connectivity index (χ0v) is 16.7. The van der Waals surface area contributed by atoms with Crippen LogP contribution in [0.1, 0.15) is 49.6 Å². The molecule has 1 aliphatic carbocycles. The van der Waals surface area contributed by atoms with Crippen LogP contribution in [-0.4, -0.2) is 22.3 Å². The van der Waals surface area contributed by atoms with Crippen LogP contribution in [0.2, 0.25) is 5.02 Å². The quantitative estimate of drug-likeness (QED) is 0.612. The Morgan fingerprint density at radius 1 is 1.00 bits per heavy atom. The highest BCUT2D eigenvalue weighted by Crippen LogP contribution is 2.29. The van der Waals surface area contributed by atoms with Crippen molar-refractivity contribution in [2.24, 2.45) is 0 Å². The van der Waals surface area contributed by atoms with Gasteiger partial charge in [0.05, 0.1) is 10.6 Å². The van der Waals surface area contributed by atoms with Crippen molar-refractivity contribution in [1.29, 1.82) is 0 Å². The van der Waals surface area contributed by atoms with E-state index in [0.29, 0.717) is 22.4 Å². The predicted octanol–water partition coefficient (Wildman–Crippen LogP) is 5.11. The van der Waals surface area contributed by atoms with Gasteiger partial charge in [0.1, 0.15) is 6.04 Å². The second-order valence-corrected chi connectivity index (χ2v) is 7.63. The average Bonchev–Trinajstić information content (AvgIpc) is 3.23. The van der Waals surface area contributed by atoms with Gasteiger partial charge in [-0.25, -0.2) is 4.79 Å². The zero-order chi connectivity index (χ0) is 20.1. The van der Waals surface area contributed by atoms with Crippen molar-refractivity contribution in [3.8, 4) is 11.5 Å². The molecular weight excluding hydrogens is 388 g/mol. The van der Waals surface area contributed by atoms with Gasteiger partial charge in [0.2, 0.25) is 11.8 Å². The van der Waals surface area contributed by atoms with E-state index in [1.165, 1.54) is 6.42 Å². The lowest BCUT2D eigenvalue weighted by molar-refractivity contribution is 0.228. The summed E-state index contributed by atoms with van der Waals surface area (Å²) in [6.45, 7) is 0. The first-order valence-corrected chi connectivity index (χ1v) is 10.3. The van der Waals surface area contributed by atoms with Crippen molar-refractivity contribution < 1.29 is 9.21 Å². The van der Waals surface area contributed by atoms with Gasteiger partial charge in [-0.1, -0.05) is 73.3 Å². The largest absolute Gasteiger partial charge is 0.418 e. The van der Waals surface area contributed by atoms with Crippen molar-refractivity contribution in [2.75, 3.05) is 0 Å². The Labute approximate surface area is 174 Å². The lowest BCUT2D eigenvalue weighted by Gasteiger charge is -2.24. The van der Waals surface area contributed by atoms with Crippen LogP contribution in [0.25, 0.3) is 11.5 Å². The molecule has 7 heteroatoms. The smallest absolute Gasteiger partial charge is 0.315 e. The topological polar surface area (TPSA) is 80.0 Å². The standard InChI is InChI=1S/C22H23ClN4O2/c23-18-14-8-7-13-17(18)20-26-27-21(29-20)19(15-9-3-1-4-10-15)25-22(28)24-16-11-5-2-6-12-16/h1,3-4,7-10,13-14,16,19H,2,5-6,11-12H2,(H2,24,25,28)/t19-/m0/s1. The molecule has 1 aromatic heterocycles. The highest BCUT2D eigenvalue weighted by atomic mass is 35.5. The minimum atomic E-state index is -0.552. The van der Waals surface area contributed by atoms with Crippen LogP contribution in [0.3, 0.4) is 0 Å². The summed E-state index contributed by atoms with van der Waals surface area (Å²) in [7, 11) is 0. The van der Waals surface area contributed by atoms with Gasteiger partial charge in [-0.2, -0.15) is 0 Å². The molecule has 150 valence electrons. The molecule has 0 radical (unpaired) electrons. The molecule has 4 rings (SSSR count). The highest BCUT2D eigenvalue weighted by Gasteiger charge is 2.25. The summed E-state index contributed by atoms with van der Waals surface area (Å²) in [5.74, 6) is 0.630. The number of amides is 2. The third-order valence-electron chi connectivity index (χ3n) is 5.14. The number of hydrogen-bond acceptors (Lipinski definition) is 4. The monoisotopic (exact) mass is 410 g/mol. The maximum Gasteiger partial charge on any atom is 0.315 e. The van der Waals surface area contributed by atoms with Gasteiger partial charge in [-0.05, 0) is 30.5 Å². The van der Waals surface area contributed by atoms with E-state index in [-0.39, 0.29) is 12.1 Å². The molecule has 3 aromatic rings. The van der Waals surface area contributed by atoms with Crippen molar-refractivity contribution in [2.45, 2.75) is 44.2 Å². The van der Waals surface area contributed by atoms with Gasteiger partial charge in [0.25, 0.3) is 0 Å². The molecule has 0 saturated heterocycles. The van der Waals surface area contributed by atoms with Gasteiger partial charge in [0.15, 0.2) is 0 Å². The molecular formula is C22H23ClN4O2. The van der Waals surface area contributed by atoms with Gasteiger partial charge in [0, 0.05) is 6.04 Å². The summed E-state index contributed by atoms with van der Waals surface area (Å²) < 4.78 is 5.91. The number of nitrogens with one attached hydrogen (secondary N) is 2. The Balaban J connectivity index is 1.57. The van der Waals surface area contributed by atoms with Crippen LogP contribution in [0, 0.1) is 0 Å². The van der Waals surface area contributed by atoms with E-state index in [2.05, 4.69) is 20.8 Å². The average molecular weight is 411 g/mol. The Kier molecular flexibility index (Phi) is 6.10. The second kappa shape index (κ2) is 9.09. The van der Waals surface area contributed by atoms with Crippen LogP contribution in [0.4, 0.5) is 4.79 Å². The number of nitrogens with zero attached hydrogens (tertiary/aromatic N) is 2. The van der Waals surface area contributed by atoms with Gasteiger partial charge >= 0.3 is 6.03 Å². The van der Waals surface area contributed by atoms with E-state index in [9.17, 15) is 4.79 Å². The van der Waals surface area contributed by atoms with E-state index in [1.54, 1.807) is 6.07 Å². The Morgan fingerprint density at radius 3 is 2.48 bits per heavy atom. The van der Waals surface area contributed by atoms with Crippen LogP contribution in [-0.2, 0) is 0 Å². The molecule has 2 aromatic carbocycles. The number of urea groups is 1. The summed E-state index contributed by atoms with van der Waals surface area (Å²) in [4.78, 5) is 12.7. The summed E-state index contributed by atoms with van der Waals surface area (Å²) in [5.41, 5.74) is 1.52. The van der Waals surface area contributed by atoms with Crippen LogP contribution >= 0.6 is 11.6 Å². The lowest BCUT2D eigenvalue weighted by Crippen LogP contribution is -2.44. The maximum atomic E-state index is 12.7. The molecule has 0 unspecified atom stereocenters. The second-order valence-electron chi connectivity index (χ2n) is 7.22. The first kappa shape index (κ1) is 19.5. The summed E-state index contributed by atoms with van der Waals surface area (Å²) in [6, 6.07) is 16.3. The summed E-state index contributed by atoms with van der Waals surface area (Å²) in [6.07, 6.45) is 5.57. The van der Waals surface area contributed by atoms with Gasteiger partial charge in [-0.15, -0.1) is 10.2 Å². The minimum absolute atomic E-state index is 0.210. The SMILES string of the molecule is O=C(NC1CCCCC1)N[C@@H](c1ccccc1)c1nnc(-c2ccccc2Cl)o1. The van der Waals surface area contributed by atoms with Crippen molar-refractivity contribution in [3.63, 3.8) is 0 Å². The molecule has 0 bridgehead atoms. The van der Waals surface area contributed by atoms with Crippen LogP contribution in [0.15, 0.2) is 59.0 Å². The number of aromatic nitrogens is 2. The number of hydrogen-bond donors (Lipinski definition) is 2. The minimum Gasteiger partial charge on any atom is -0.418 e. The summed E-state index contributed by atoms with van der Waals surface area (Å²) >= 11 is 6.25. The molecule has 1 fully saturated rings. The van der Waals surface area contributed by atoms with E-state index >= 15 is 0 Å². The van der Waals surface area contributed by atoms with Crippen LogP contribution < -0.4 is 10.6 Å². The fourth-order valence-electron chi connectivity index (χ4n) is 3.63. The Morgan fingerprint density at radius 2 is 1.72 bits per heavy atom. The van der Waals surface area contributed by atoms with Gasteiger partial charge in [-0.3, -0.25) is 0 Å². The molecule has 0 spiro atoms. The third kappa shape index (κ3) is 4.77. The van der Waals surface area contributed by atoms with Crippen molar-refractivity contribution >= 4 is 17.6 Å². The third-order valence-corrected chi connectivity index (χ3v) is 5.47. The van der Waals surface area contributed by atoms with Gasteiger partial charge < -0.3 is 15.1 Å². The maximum absolute atomic E-state index is 12.7. The van der Waals surface area contributed by atoms with Crippen molar-refractivity contribution in [3.05, 3.63) is 71.1 Å². The first-order chi connectivity index (χ1) is 14.2. The predicted molar refractivity (Wildman–Crippen MR) is 112 cm³/mol. The fourth-order valence-corrected chi connectivity index (χ4v) is 3.85. The zero-order valence-electron chi connectivity index (χ0n) is 16.0. The van der Waals surface area contributed by atoms with Crippen molar-refractivity contribution in [1.82, 2.24) is 20.8 Å². The highest BCUT2D eigenvalue weighted by molar-refractivity contribution is 6.33. The molecule has 29 heavy (non-hydrogen) atoms. The van der Waals surface area contributed by atoms with E-state index in [1.807, 2.05) is 48.5 Å². The van der Waals surface area contributed by atoms with Crippen LogP contribution in [0.5, 0.6) is 0 Å². The first-order valence-electron chi connectivity index (χ1n) is 9.91. The van der Waals surface area contributed by atoms with E-state index in [0.717, 1.165) is 31.2 Å². The number of benzene rings is 2. The lowest BCUT2D eigenvalue weighted by atomic mass is 9.96. The normalized spacial score (nSPS) is 15.6. The summed E-state index contributed by atoms with van der Waals surface area (Å²) in [5, 5.41) is 14.9. The molecule has 1 heterocycles. The molecule has 1 saturated carbocycles. The molecule has 2 amide bonds. The number of rotatable bonds is 5. The molecule has 6 nitrogen and oxygen atoms in total. The molecule has 2 N–H and O–H groups in total. The number of halogens is 1. The molecule has 0 aliphatic heterocycles. The van der Waals surface area contributed by atoms with E-state index < -0.39 is 6.04 Å². The number of carbonyl (C=O) groups excluding carboxylic acids is 1. The fraction of sp³-hybridized carbons (Fsp3) is 0.318. The number of carbonyl (C=O) groups is 1. The van der Waals surface area contributed by atoms with E-state index in [4.69, 9.17) is 16.0 Å². The molecule has 1 aliphatic rings.